The fraction of sp³-hybridized carbons (Fsp3) is 0.200. The molecule has 3 N–H and O–H groups in total. The van der Waals surface area contributed by atoms with Gasteiger partial charge in [0.25, 0.3) is 0 Å². The van der Waals surface area contributed by atoms with Crippen molar-refractivity contribution in [2.24, 2.45) is 0 Å². The standard InChI is InChI=1S/C10H11FN4O/c1-13-9(16)5-15-8-3-2-6(11)4-7(8)14-10(15)12/h2-4H,5H2,1H3,(H2,12,14)(H,13,16). The first-order valence-corrected chi connectivity index (χ1v) is 4.73. The van der Waals surface area contributed by atoms with E-state index < -0.39 is 0 Å². The zero-order chi connectivity index (χ0) is 11.7. The Balaban J connectivity index is 2.52. The van der Waals surface area contributed by atoms with E-state index in [0.29, 0.717) is 11.0 Å². The lowest BCUT2D eigenvalue weighted by atomic mass is 10.3. The van der Waals surface area contributed by atoms with E-state index in [-0.39, 0.29) is 24.2 Å². The number of halogens is 1. The van der Waals surface area contributed by atoms with E-state index in [4.69, 9.17) is 5.73 Å². The highest BCUT2D eigenvalue weighted by atomic mass is 19.1. The quantitative estimate of drug-likeness (QED) is 0.777. The Bertz CT molecular complexity index is 549. The number of carbonyl (C=O) groups is 1. The fourth-order valence-electron chi connectivity index (χ4n) is 1.51. The first kappa shape index (κ1) is 10.4. The highest BCUT2D eigenvalue weighted by molar-refractivity contribution is 5.82. The Morgan fingerprint density at radius 3 is 3.06 bits per heavy atom. The van der Waals surface area contributed by atoms with E-state index in [0.717, 1.165) is 0 Å². The van der Waals surface area contributed by atoms with Crippen LogP contribution in [0.5, 0.6) is 0 Å². The minimum Gasteiger partial charge on any atom is -0.369 e. The van der Waals surface area contributed by atoms with Crippen LogP contribution in [0.1, 0.15) is 0 Å². The summed E-state index contributed by atoms with van der Waals surface area (Å²) in [4.78, 5) is 15.2. The van der Waals surface area contributed by atoms with Crippen LogP contribution in [-0.4, -0.2) is 22.5 Å². The van der Waals surface area contributed by atoms with Crippen molar-refractivity contribution >= 4 is 22.9 Å². The van der Waals surface area contributed by atoms with Crippen LogP contribution in [0.4, 0.5) is 10.3 Å². The number of nitrogen functional groups attached to an aromatic ring is 1. The van der Waals surface area contributed by atoms with Gasteiger partial charge >= 0.3 is 0 Å². The fourth-order valence-corrected chi connectivity index (χ4v) is 1.51. The first-order chi connectivity index (χ1) is 7.61. The number of anilines is 1. The third kappa shape index (κ3) is 1.69. The van der Waals surface area contributed by atoms with Crippen LogP contribution < -0.4 is 11.1 Å². The number of benzene rings is 1. The third-order valence-corrected chi connectivity index (χ3v) is 2.32. The molecule has 16 heavy (non-hydrogen) atoms. The SMILES string of the molecule is CNC(=O)Cn1c(N)nc2cc(F)ccc21. The molecule has 0 spiro atoms. The van der Waals surface area contributed by atoms with E-state index in [1.807, 2.05) is 0 Å². The van der Waals surface area contributed by atoms with Crippen molar-refractivity contribution < 1.29 is 9.18 Å². The third-order valence-electron chi connectivity index (χ3n) is 2.32. The number of hydrogen-bond donors (Lipinski definition) is 2. The Hall–Kier alpha value is -2.11. The maximum absolute atomic E-state index is 12.9. The van der Waals surface area contributed by atoms with E-state index >= 15 is 0 Å². The maximum atomic E-state index is 12.9. The number of rotatable bonds is 2. The highest BCUT2D eigenvalue weighted by Gasteiger charge is 2.11. The zero-order valence-corrected chi connectivity index (χ0v) is 8.70. The summed E-state index contributed by atoms with van der Waals surface area (Å²) in [6.07, 6.45) is 0. The molecule has 1 aromatic heterocycles. The molecule has 0 aliphatic heterocycles. The summed E-state index contributed by atoms with van der Waals surface area (Å²) in [5.74, 6) is -0.364. The molecule has 2 aromatic rings. The number of carbonyl (C=O) groups excluding carboxylic acids is 1. The lowest BCUT2D eigenvalue weighted by molar-refractivity contribution is -0.121. The molecule has 2 rings (SSSR count). The molecule has 0 aliphatic carbocycles. The number of fused-ring (bicyclic) bond motifs is 1. The molecule has 0 unspecified atom stereocenters. The molecule has 0 saturated heterocycles. The molecule has 1 heterocycles. The van der Waals surface area contributed by atoms with Crippen LogP contribution in [0, 0.1) is 5.82 Å². The minimum absolute atomic E-state index is 0.0739. The predicted molar refractivity (Wildman–Crippen MR) is 58.2 cm³/mol. The summed E-state index contributed by atoms with van der Waals surface area (Å²) in [5.41, 5.74) is 6.74. The highest BCUT2D eigenvalue weighted by Crippen LogP contribution is 2.18. The van der Waals surface area contributed by atoms with Gasteiger partial charge in [0.05, 0.1) is 11.0 Å². The predicted octanol–water partition coefficient (Wildman–Crippen LogP) is 0.504. The molecule has 0 radical (unpaired) electrons. The van der Waals surface area contributed by atoms with Crippen LogP contribution in [-0.2, 0) is 11.3 Å². The molecule has 0 saturated carbocycles. The van der Waals surface area contributed by atoms with Crippen molar-refractivity contribution in [2.75, 3.05) is 12.8 Å². The van der Waals surface area contributed by atoms with Gasteiger partial charge in [0, 0.05) is 13.1 Å². The number of amides is 1. The average molecular weight is 222 g/mol. The Morgan fingerprint density at radius 1 is 1.62 bits per heavy atom. The Morgan fingerprint density at radius 2 is 2.38 bits per heavy atom. The lowest BCUT2D eigenvalue weighted by Gasteiger charge is -2.04. The largest absolute Gasteiger partial charge is 0.369 e. The summed E-state index contributed by atoms with van der Waals surface area (Å²) in [6, 6.07) is 4.15. The summed E-state index contributed by atoms with van der Waals surface area (Å²) in [7, 11) is 1.54. The smallest absolute Gasteiger partial charge is 0.239 e. The molecule has 6 heteroatoms. The van der Waals surface area contributed by atoms with Crippen LogP contribution >= 0.6 is 0 Å². The number of likely N-dealkylation sites (N-methyl/N-ethyl adjacent to an activating group) is 1. The van der Waals surface area contributed by atoms with Crippen LogP contribution in [0.15, 0.2) is 18.2 Å². The van der Waals surface area contributed by atoms with Gasteiger partial charge in [-0.25, -0.2) is 9.37 Å². The van der Waals surface area contributed by atoms with Crippen molar-refractivity contribution in [3.8, 4) is 0 Å². The second kappa shape index (κ2) is 3.80. The van der Waals surface area contributed by atoms with Crippen LogP contribution in [0.2, 0.25) is 0 Å². The molecule has 84 valence electrons. The van der Waals surface area contributed by atoms with Gasteiger partial charge in [0.2, 0.25) is 11.9 Å². The number of nitrogens with one attached hydrogen (secondary N) is 1. The minimum atomic E-state index is -0.378. The van der Waals surface area contributed by atoms with Gasteiger partial charge in [-0.1, -0.05) is 0 Å². The van der Waals surface area contributed by atoms with Gasteiger partial charge in [0.15, 0.2) is 0 Å². The maximum Gasteiger partial charge on any atom is 0.239 e. The summed E-state index contributed by atoms with van der Waals surface area (Å²) >= 11 is 0. The number of nitrogens with zero attached hydrogens (tertiary/aromatic N) is 2. The molecule has 0 fully saturated rings. The lowest BCUT2D eigenvalue weighted by Crippen LogP contribution is -2.24. The van der Waals surface area contributed by atoms with Crippen molar-refractivity contribution in [3.05, 3.63) is 24.0 Å². The summed E-state index contributed by atoms with van der Waals surface area (Å²) < 4.78 is 14.5. The monoisotopic (exact) mass is 222 g/mol. The number of aromatic nitrogens is 2. The number of nitrogens with two attached hydrogens (primary N) is 1. The van der Waals surface area contributed by atoms with E-state index in [2.05, 4.69) is 10.3 Å². The van der Waals surface area contributed by atoms with Crippen molar-refractivity contribution in [1.82, 2.24) is 14.9 Å². The Kier molecular flexibility index (Phi) is 2.47. The summed E-state index contributed by atoms with van der Waals surface area (Å²) in [5, 5.41) is 2.49. The molecule has 5 nitrogen and oxygen atoms in total. The average Bonchev–Trinajstić information content (AvgIpc) is 2.54. The number of hydrogen-bond acceptors (Lipinski definition) is 3. The van der Waals surface area contributed by atoms with Crippen LogP contribution in [0.25, 0.3) is 11.0 Å². The zero-order valence-electron chi connectivity index (χ0n) is 8.70. The van der Waals surface area contributed by atoms with Gasteiger partial charge in [0.1, 0.15) is 12.4 Å². The van der Waals surface area contributed by atoms with Gasteiger partial charge in [-0.05, 0) is 12.1 Å². The Labute approximate surface area is 91.1 Å². The van der Waals surface area contributed by atoms with E-state index in [1.165, 1.54) is 23.7 Å². The van der Waals surface area contributed by atoms with Gasteiger partial charge in [-0.3, -0.25) is 4.79 Å². The van der Waals surface area contributed by atoms with Crippen molar-refractivity contribution in [2.45, 2.75) is 6.54 Å². The topological polar surface area (TPSA) is 72.9 Å². The van der Waals surface area contributed by atoms with Gasteiger partial charge in [-0.2, -0.15) is 0 Å². The number of imidazole rings is 1. The molecule has 0 bridgehead atoms. The van der Waals surface area contributed by atoms with Gasteiger partial charge in [-0.15, -0.1) is 0 Å². The molecule has 0 aliphatic rings. The molecular weight excluding hydrogens is 211 g/mol. The summed E-state index contributed by atoms with van der Waals surface area (Å²) in [6.45, 7) is 0.0739. The van der Waals surface area contributed by atoms with Crippen molar-refractivity contribution in [1.29, 1.82) is 0 Å². The molecule has 0 atom stereocenters. The van der Waals surface area contributed by atoms with E-state index in [9.17, 15) is 9.18 Å². The van der Waals surface area contributed by atoms with Gasteiger partial charge < -0.3 is 15.6 Å². The first-order valence-electron chi connectivity index (χ1n) is 4.73. The van der Waals surface area contributed by atoms with E-state index in [1.54, 1.807) is 6.07 Å². The van der Waals surface area contributed by atoms with Crippen LogP contribution in [0.3, 0.4) is 0 Å². The molecule has 1 aromatic carbocycles. The normalized spacial score (nSPS) is 10.6. The second-order valence-electron chi connectivity index (χ2n) is 3.36. The second-order valence-corrected chi connectivity index (χ2v) is 3.36. The van der Waals surface area contributed by atoms with Crippen molar-refractivity contribution in [3.63, 3.8) is 0 Å². The molecule has 1 amide bonds. The molecular formula is C10H11FN4O.